The monoisotopic (exact) mass is 411 g/mol. The van der Waals surface area contributed by atoms with Crippen molar-refractivity contribution >= 4 is 39.9 Å². The van der Waals surface area contributed by atoms with Crippen LogP contribution in [-0.2, 0) is 18.3 Å². The fraction of sp³-hybridized carbons (Fsp3) is 0.100. The van der Waals surface area contributed by atoms with Crippen LogP contribution in [0.1, 0.15) is 5.56 Å². The summed E-state index contributed by atoms with van der Waals surface area (Å²) in [4.78, 5) is 38.5. The van der Waals surface area contributed by atoms with Crippen LogP contribution in [0.15, 0.2) is 64.3 Å². The van der Waals surface area contributed by atoms with Crippen molar-refractivity contribution in [2.45, 2.75) is 6.42 Å². The molecule has 2 aromatic carbocycles. The lowest BCUT2D eigenvalue weighted by Gasteiger charge is -2.09. The summed E-state index contributed by atoms with van der Waals surface area (Å²) in [6, 6.07) is 12.0. The summed E-state index contributed by atoms with van der Waals surface area (Å²) in [5.74, 6) is -0.565. The predicted molar refractivity (Wildman–Crippen MR) is 114 cm³/mol. The number of anilines is 1. The second kappa shape index (κ2) is 8.57. The van der Waals surface area contributed by atoms with Gasteiger partial charge in [-0.2, -0.15) is 0 Å². The highest BCUT2D eigenvalue weighted by Crippen LogP contribution is 2.14. The summed E-state index contributed by atoms with van der Waals surface area (Å²) in [5, 5.41) is 14.2. The van der Waals surface area contributed by atoms with Gasteiger partial charge in [-0.25, -0.2) is 4.79 Å². The summed E-state index contributed by atoms with van der Waals surface area (Å²) < 4.78 is 1.31. The zero-order valence-electron chi connectivity index (χ0n) is 15.5. The van der Waals surface area contributed by atoms with Gasteiger partial charge in [-0.3, -0.25) is 24.5 Å². The fourth-order valence-electron chi connectivity index (χ4n) is 2.80. The van der Waals surface area contributed by atoms with Crippen molar-refractivity contribution in [2.75, 3.05) is 5.32 Å². The Morgan fingerprint density at radius 2 is 1.93 bits per heavy atom. The fourth-order valence-corrected chi connectivity index (χ4v) is 2.93. The van der Waals surface area contributed by atoms with E-state index in [1.807, 2.05) is 0 Å². The number of amidine groups is 1. The molecule has 1 heterocycles. The lowest BCUT2D eigenvalue weighted by Crippen LogP contribution is -2.32. The first-order valence-electron chi connectivity index (χ1n) is 8.63. The van der Waals surface area contributed by atoms with Gasteiger partial charge in [-0.15, -0.1) is 0 Å². The molecule has 9 heteroatoms. The quantitative estimate of drug-likeness (QED) is 0.379. The highest BCUT2D eigenvalue weighted by Gasteiger charge is 2.12. The van der Waals surface area contributed by atoms with E-state index in [0.717, 1.165) is 5.69 Å². The van der Waals surface area contributed by atoms with Crippen LogP contribution >= 0.6 is 11.6 Å². The van der Waals surface area contributed by atoms with Crippen LogP contribution in [-0.4, -0.2) is 21.3 Å². The number of carbonyl (C=O) groups is 1. The summed E-state index contributed by atoms with van der Waals surface area (Å²) in [6.45, 7) is 0. The lowest BCUT2D eigenvalue weighted by molar-refractivity contribution is -0.119. The van der Waals surface area contributed by atoms with E-state index >= 15 is 0 Å². The molecule has 0 aliphatic heterocycles. The normalized spacial score (nSPS) is 11.0. The van der Waals surface area contributed by atoms with E-state index in [1.54, 1.807) is 49.5 Å². The molecule has 148 valence electrons. The Kier molecular flexibility index (Phi) is 5.94. The van der Waals surface area contributed by atoms with Crippen LogP contribution in [0.4, 0.5) is 5.69 Å². The van der Waals surface area contributed by atoms with Crippen molar-refractivity contribution in [2.24, 2.45) is 7.05 Å². The van der Waals surface area contributed by atoms with Gasteiger partial charge in [0.2, 0.25) is 5.91 Å². The molecule has 3 rings (SSSR count). The molecule has 1 amide bonds. The van der Waals surface area contributed by atoms with Crippen LogP contribution in [0, 0.1) is 5.41 Å². The first kappa shape index (κ1) is 20.1. The van der Waals surface area contributed by atoms with Gasteiger partial charge in [0.25, 0.3) is 5.56 Å². The third-order valence-corrected chi connectivity index (χ3v) is 4.46. The molecular weight excluding hydrogens is 394 g/mol. The van der Waals surface area contributed by atoms with E-state index < -0.39 is 17.2 Å². The molecule has 0 aliphatic rings. The minimum Gasteiger partial charge on any atom is -0.362 e. The van der Waals surface area contributed by atoms with Crippen molar-refractivity contribution in [1.82, 2.24) is 14.9 Å². The van der Waals surface area contributed by atoms with Crippen LogP contribution < -0.4 is 21.9 Å². The maximum Gasteiger partial charge on any atom is 0.328 e. The van der Waals surface area contributed by atoms with Crippen molar-refractivity contribution in [3.8, 4) is 0 Å². The zero-order valence-corrected chi connectivity index (χ0v) is 16.2. The molecule has 0 fully saturated rings. The van der Waals surface area contributed by atoms with Crippen LogP contribution in [0.2, 0.25) is 5.02 Å². The van der Waals surface area contributed by atoms with Gasteiger partial charge >= 0.3 is 5.69 Å². The Hall–Kier alpha value is -3.65. The van der Waals surface area contributed by atoms with Gasteiger partial charge < -0.3 is 10.6 Å². The topological polar surface area (TPSA) is 120 Å². The molecule has 0 saturated heterocycles. The molecular formula is C20H18ClN5O3. The molecule has 0 saturated carbocycles. The third-order valence-electron chi connectivity index (χ3n) is 4.21. The maximum atomic E-state index is 12.3. The highest BCUT2D eigenvalue weighted by molar-refractivity contribution is 6.30. The number of nitrogens with one attached hydrogen (secondary N) is 4. The number of fused-ring (bicyclic) bond motifs is 1. The standard InChI is InChI=1S/C20H18ClN5O3/c1-26-15-4-2-3-12(18(15)19(28)25-20(26)29)11-17(27)24-16(22)9-10-23-14-7-5-13(21)6-8-14/h2-10,23H,11H2,1H3,(H2,22,24,27)(H,25,28,29)/b10-9-. The van der Waals surface area contributed by atoms with E-state index in [-0.39, 0.29) is 17.6 Å². The molecule has 29 heavy (non-hydrogen) atoms. The number of amides is 1. The number of aryl methyl sites for hydroxylation is 1. The first-order chi connectivity index (χ1) is 13.8. The number of carbonyl (C=O) groups excluding carboxylic acids is 1. The lowest BCUT2D eigenvalue weighted by atomic mass is 10.1. The second-order valence-corrected chi connectivity index (χ2v) is 6.69. The van der Waals surface area contributed by atoms with Crippen molar-refractivity contribution in [1.29, 1.82) is 5.41 Å². The number of hydrogen-bond donors (Lipinski definition) is 4. The van der Waals surface area contributed by atoms with Crippen molar-refractivity contribution in [3.63, 3.8) is 0 Å². The smallest absolute Gasteiger partial charge is 0.328 e. The van der Waals surface area contributed by atoms with E-state index in [2.05, 4.69) is 15.6 Å². The van der Waals surface area contributed by atoms with Crippen molar-refractivity contribution in [3.05, 3.63) is 86.2 Å². The zero-order chi connectivity index (χ0) is 21.0. The van der Waals surface area contributed by atoms with Gasteiger partial charge in [0.05, 0.1) is 17.3 Å². The molecule has 0 radical (unpaired) electrons. The SMILES string of the molecule is Cn1c(=O)[nH]c(=O)c2c(CC(=O)NC(=N)/C=C\Nc3ccc(Cl)cc3)cccc21. The molecule has 0 bridgehead atoms. The Morgan fingerprint density at radius 3 is 2.66 bits per heavy atom. The largest absolute Gasteiger partial charge is 0.362 e. The maximum absolute atomic E-state index is 12.3. The number of aromatic amines is 1. The van der Waals surface area contributed by atoms with Gasteiger partial charge in [0.15, 0.2) is 0 Å². The number of halogens is 1. The van der Waals surface area contributed by atoms with Crippen molar-refractivity contribution < 1.29 is 4.79 Å². The number of benzene rings is 2. The van der Waals surface area contributed by atoms with Gasteiger partial charge in [0, 0.05) is 24.0 Å². The van der Waals surface area contributed by atoms with Crippen LogP contribution in [0.3, 0.4) is 0 Å². The van der Waals surface area contributed by atoms with Gasteiger partial charge in [-0.05, 0) is 42.0 Å². The summed E-state index contributed by atoms with van der Waals surface area (Å²) in [5.41, 5.74) is 0.613. The molecule has 3 aromatic rings. The highest BCUT2D eigenvalue weighted by atomic mass is 35.5. The molecule has 1 aromatic heterocycles. The molecule has 8 nitrogen and oxygen atoms in total. The number of H-pyrrole nitrogens is 1. The Morgan fingerprint density at radius 1 is 1.21 bits per heavy atom. The minimum atomic E-state index is -0.548. The Bertz CT molecular complexity index is 1230. The third kappa shape index (κ3) is 4.80. The average molecular weight is 412 g/mol. The Labute approximate surface area is 170 Å². The number of rotatable bonds is 5. The predicted octanol–water partition coefficient (Wildman–Crippen LogP) is 2.14. The molecule has 4 N–H and O–H groups in total. The first-order valence-corrected chi connectivity index (χ1v) is 9.01. The second-order valence-electron chi connectivity index (χ2n) is 6.25. The van der Waals surface area contributed by atoms with Crippen LogP contribution in [0.25, 0.3) is 10.9 Å². The van der Waals surface area contributed by atoms with Gasteiger partial charge in [-0.1, -0.05) is 23.7 Å². The molecule has 0 unspecified atom stereocenters. The Balaban J connectivity index is 1.68. The summed E-state index contributed by atoms with van der Waals surface area (Å²) in [7, 11) is 1.54. The number of aromatic nitrogens is 2. The molecule has 0 atom stereocenters. The van der Waals surface area contributed by atoms with Crippen LogP contribution in [0.5, 0.6) is 0 Å². The number of hydrogen-bond acceptors (Lipinski definition) is 5. The van der Waals surface area contributed by atoms with E-state index in [0.29, 0.717) is 16.1 Å². The van der Waals surface area contributed by atoms with E-state index in [9.17, 15) is 14.4 Å². The molecule has 0 spiro atoms. The van der Waals surface area contributed by atoms with E-state index in [1.165, 1.54) is 16.8 Å². The number of nitrogens with zero attached hydrogens (tertiary/aromatic N) is 1. The summed E-state index contributed by atoms with van der Waals surface area (Å²) in [6.07, 6.45) is 2.80. The van der Waals surface area contributed by atoms with E-state index in [4.69, 9.17) is 17.0 Å². The summed E-state index contributed by atoms with van der Waals surface area (Å²) >= 11 is 5.82. The minimum absolute atomic E-state index is 0.112. The molecule has 0 aliphatic carbocycles. The van der Waals surface area contributed by atoms with Gasteiger partial charge in [0.1, 0.15) is 5.84 Å². The average Bonchev–Trinajstić information content (AvgIpc) is 2.67.